The van der Waals surface area contributed by atoms with Crippen LogP contribution in [0.25, 0.3) is 0 Å². The van der Waals surface area contributed by atoms with Gasteiger partial charge in [0.25, 0.3) is 0 Å². The molecule has 2 heterocycles. The monoisotopic (exact) mass is 440 g/mol. The zero-order valence-corrected chi connectivity index (χ0v) is 19.7. The molecule has 1 aliphatic heterocycles. The van der Waals surface area contributed by atoms with Gasteiger partial charge < -0.3 is 25.0 Å². The third kappa shape index (κ3) is 5.91. The van der Waals surface area contributed by atoms with Crippen molar-refractivity contribution in [2.75, 3.05) is 49.0 Å². The molecule has 0 saturated carbocycles. The second-order valence-electron chi connectivity index (χ2n) is 8.53. The third-order valence-corrected chi connectivity index (χ3v) is 6.17. The van der Waals surface area contributed by atoms with E-state index >= 15 is 0 Å². The molecule has 1 fully saturated rings. The van der Waals surface area contributed by atoms with Crippen LogP contribution in [0.4, 0.5) is 22.9 Å². The van der Waals surface area contributed by atoms with Crippen molar-refractivity contribution < 1.29 is 14.6 Å². The molecule has 0 aliphatic carbocycles. The minimum absolute atomic E-state index is 0.0190. The molecule has 174 valence electrons. The largest absolute Gasteiger partial charge is 0.481 e. The van der Waals surface area contributed by atoms with Gasteiger partial charge in [0, 0.05) is 39.9 Å². The Balaban J connectivity index is 1.97. The number of carbonyl (C=O) groups is 1. The van der Waals surface area contributed by atoms with Crippen LogP contribution in [0.1, 0.15) is 51.0 Å². The summed E-state index contributed by atoms with van der Waals surface area (Å²) in [5.74, 6) is 0.111. The van der Waals surface area contributed by atoms with Crippen molar-refractivity contribution in [1.29, 1.82) is 0 Å². The Labute approximate surface area is 191 Å². The number of carboxylic acids is 1. The van der Waals surface area contributed by atoms with Crippen LogP contribution in [0.15, 0.2) is 36.5 Å². The summed E-state index contributed by atoms with van der Waals surface area (Å²) in [4.78, 5) is 20.3. The van der Waals surface area contributed by atoms with Crippen LogP contribution in [0.2, 0.25) is 0 Å². The molecule has 1 aromatic heterocycles. The first-order chi connectivity index (χ1) is 15.4. The van der Waals surface area contributed by atoms with Gasteiger partial charge in [-0.1, -0.05) is 13.0 Å². The number of carboxylic acid groups (broad SMARTS) is 1. The van der Waals surface area contributed by atoms with E-state index < -0.39 is 5.97 Å². The minimum atomic E-state index is -0.767. The Hall–Kier alpha value is -2.80. The van der Waals surface area contributed by atoms with Crippen molar-refractivity contribution in [2.45, 2.75) is 51.5 Å². The number of hydrogen-bond donors (Lipinski definition) is 2. The molecule has 7 heteroatoms. The number of nitrogens with one attached hydrogen (secondary N) is 1. The Kier molecular flexibility index (Phi) is 8.33. The van der Waals surface area contributed by atoms with E-state index in [9.17, 15) is 9.90 Å². The predicted molar refractivity (Wildman–Crippen MR) is 130 cm³/mol. The average Bonchev–Trinajstić information content (AvgIpc) is 2.80. The number of nitrogens with zero attached hydrogens (tertiary/aromatic N) is 3. The number of hydrogen-bond acceptors (Lipinski definition) is 6. The first-order valence-electron chi connectivity index (χ1n) is 11.5. The van der Waals surface area contributed by atoms with Crippen LogP contribution in [0.3, 0.4) is 0 Å². The van der Waals surface area contributed by atoms with Crippen LogP contribution < -0.4 is 15.1 Å². The molecule has 1 saturated heterocycles. The molecule has 1 aromatic carbocycles. The van der Waals surface area contributed by atoms with E-state index in [1.165, 1.54) is 0 Å². The highest BCUT2D eigenvalue weighted by Crippen LogP contribution is 2.36. The third-order valence-electron chi connectivity index (χ3n) is 6.17. The maximum Gasteiger partial charge on any atom is 0.303 e. The van der Waals surface area contributed by atoms with Crippen LogP contribution in [0.5, 0.6) is 0 Å². The van der Waals surface area contributed by atoms with Gasteiger partial charge >= 0.3 is 5.97 Å². The molecular weight excluding hydrogens is 404 g/mol. The first-order valence-corrected chi connectivity index (χ1v) is 11.5. The van der Waals surface area contributed by atoms with Crippen molar-refractivity contribution in [1.82, 2.24) is 4.98 Å². The Morgan fingerprint density at radius 1 is 1.22 bits per heavy atom. The van der Waals surface area contributed by atoms with E-state index in [0.717, 1.165) is 67.5 Å². The van der Waals surface area contributed by atoms with Gasteiger partial charge in [0.15, 0.2) is 0 Å². The normalized spacial score (nSPS) is 15.2. The number of aromatic nitrogens is 1. The van der Waals surface area contributed by atoms with Crippen LogP contribution in [-0.2, 0) is 9.53 Å². The summed E-state index contributed by atoms with van der Waals surface area (Å²) < 4.78 is 5.58. The number of ether oxygens (including phenoxy) is 1. The maximum absolute atomic E-state index is 11.4. The molecular formula is C25H36N4O3. The Morgan fingerprint density at radius 3 is 2.53 bits per heavy atom. The Bertz CT molecular complexity index is 879. The smallest absolute Gasteiger partial charge is 0.303 e. The highest BCUT2D eigenvalue weighted by Gasteiger charge is 2.24. The van der Waals surface area contributed by atoms with Gasteiger partial charge in [-0.15, -0.1) is 0 Å². The summed E-state index contributed by atoms with van der Waals surface area (Å²) in [7, 11) is 3.94. The van der Waals surface area contributed by atoms with E-state index in [2.05, 4.69) is 40.3 Å². The number of aliphatic carboxylic acids is 1. The molecule has 0 bridgehead atoms. The van der Waals surface area contributed by atoms with E-state index in [0.29, 0.717) is 6.04 Å². The highest BCUT2D eigenvalue weighted by molar-refractivity contribution is 5.77. The fourth-order valence-electron chi connectivity index (χ4n) is 4.37. The summed E-state index contributed by atoms with van der Waals surface area (Å²) in [5.41, 5.74) is 4.06. The van der Waals surface area contributed by atoms with Gasteiger partial charge in [0.05, 0.1) is 29.7 Å². The molecule has 3 rings (SSSR count). The molecule has 1 unspecified atom stereocenters. The molecule has 0 spiro atoms. The van der Waals surface area contributed by atoms with Crippen molar-refractivity contribution in [3.63, 3.8) is 0 Å². The van der Waals surface area contributed by atoms with Crippen molar-refractivity contribution in [3.05, 3.63) is 42.1 Å². The highest BCUT2D eigenvalue weighted by atomic mass is 16.5. The molecule has 2 N–H and O–H groups in total. The van der Waals surface area contributed by atoms with Gasteiger partial charge in [-0.05, 0) is 61.9 Å². The molecule has 0 amide bonds. The number of pyridine rings is 1. The van der Waals surface area contributed by atoms with Gasteiger partial charge in [0.2, 0.25) is 0 Å². The second kappa shape index (κ2) is 11.2. The average molecular weight is 441 g/mol. The molecule has 1 aliphatic rings. The van der Waals surface area contributed by atoms with Gasteiger partial charge in [0.1, 0.15) is 5.82 Å². The standard InChI is InChI=1S/C25H36N4O3/c1-5-18(16-25(30)31)19-7-9-23(29(6-2)21-11-13-32-14-12-21)22(15-19)27-20-8-10-24(26-17-20)28(3)4/h7-10,15,17-18,21,27H,5-6,11-14,16H2,1-4H3,(H,30,31). The lowest BCUT2D eigenvalue weighted by Crippen LogP contribution is -2.39. The van der Waals surface area contributed by atoms with Crippen molar-refractivity contribution >= 4 is 28.8 Å². The van der Waals surface area contributed by atoms with Gasteiger partial charge in [-0.25, -0.2) is 4.98 Å². The number of rotatable bonds is 10. The van der Waals surface area contributed by atoms with Crippen molar-refractivity contribution in [3.8, 4) is 0 Å². The maximum atomic E-state index is 11.4. The molecule has 1 atom stereocenters. The summed E-state index contributed by atoms with van der Waals surface area (Å²) in [6, 6.07) is 10.8. The zero-order valence-electron chi connectivity index (χ0n) is 19.7. The van der Waals surface area contributed by atoms with Gasteiger partial charge in [-0.2, -0.15) is 0 Å². The summed E-state index contributed by atoms with van der Waals surface area (Å²) in [6.07, 6.45) is 4.76. The van der Waals surface area contributed by atoms with E-state index in [4.69, 9.17) is 4.74 Å². The predicted octanol–water partition coefficient (Wildman–Crippen LogP) is 4.86. The van der Waals surface area contributed by atoms with Crippen LogP contribution in [0, 0.1) is 0 Å². The molecule has 7 nitrogen and oxygen atoms in total. The lowest BCUT2D eigenvalue weighted by atomic mass is 9.92. The quantitative estimate of drug-likeness (QED) is 0.546. The number of benzene rings is 1. The van der Waals surface area contributed by atoms with E-state index in [-0.39, 0.29) is 12.3 Å². The molecule has 32 heavy (non-hydrogen) atoms. The molecule has 0 radical (unpaired) electrons. The zero-order chi connectivity index (χ0) is 23.1. The lowest BCUT2D eigenvalue weighted by Gasteiger charge is -2.37. The summed E-state index contributed by atoms with van der Waals surface area (Å²) >= 11 is 0. The Morgan fingerprint density at radius 2 is 1.97 bits per heavy atom. The van der Waals surface area contributed by atoms with E-state index in [1.54, 1.807) is 0 Å². The number of anilines is 4. The van der Waals surface area contributed by atoms with E-state index in [1.807, 2.05) is 44.2 Å². The SMILES string of the molecule is CCC(CC(=O)O)c1ccc(N(CC)C2CCOCC2)c(Nc2ccc(N(C)C)nc2)c1. The topological polar surface area (TPSA) is 77.9 Å². The molecule has 2 aromatic rings. The fourth-order valence-corrected chi connectivity index (χ4v) is 4.37. The first kappa shape index (κ1) is 23.9. The van der Waals surface area contributed by atoms with Crippen LogP contribution >= 0.6 is 0 Å². The summed E-state index contributed by atoms with van der Waals surface area (Å²) in [5, 5.41) is 12.9. The lowest BCUT2D eigenvalue weighted by molar-refractivity contribution is -0.137. The minimum Gasteiger partial charge on any atom is -0.481 e. The summed E-state index contributed by atoms with van der Waals surface area (Å²) in [6.45, 7) is 6.69. The van der Waals surface area contributed by atoms with Crippen molar-refractivity contribution in [2.24, 2.45) is 0 Å². The van der Waals surface area contributed by atoms with Crippen LogP contribution in [-0.4, -0.2) is 56.0 Å². The fraction of sp³-hybridized carbons (Fsp3) is 0.520. The van der Waals surface area contributed by atoms with Gasteiger partial charge in [-0.3, -0.25) is 4.79 Å². The second-order valence-corrected chi connectivity index (χ2v) is 8.53.